The van der Waals surface area contributed by atoms with Crippen LogP contribution in [-0.2, 0) is 15.3 Å². The van der Waals surface area contributed by atoms with Crippen molar-refractivity contribution in [3.05, 3.63) is 29.6 Å². The summed E-state index contributed by atoms with van der Waals surface area (Å²) in [5.74, 6) is -0.793. The number of carbonyl (C=O) groups is 1. The van der Waals surface area contributed by atoms with E-state index in [1.807, 2.05) is 0 Å². The summed E-state index contributed by atoms with van der Waals surface area (Å²) in [6.07, 6.45) is 0.710. The third-order valence-corrected chi connectivity index (χ3v) is 2.19. The molecule has 1 aromatic rings. The summed E-state index contributed by atoms with van der Waals surface area (Å²) in [5, 5.41) is 0. The maximum absolute atomic E-state index is 10.5. The monoisotopic (exact) mass is 193 g/mol. The number of pyridine rings is 1. The smallest absolute Gasteiger partial charge is 0.209 e. The first kappa shape index (κ1) is 9.30. The summed E-state index contributed by atoms with van der Waals surface area (Å²) in [5.41, 5.74) is 1.03. The third-order valence-electron chi connectivity index (χ3n) is 2.19. The normalized spacial score (nSPS) is 19.5. The molecule has 1 aliphatic rings. The number of ether oxygens (including phenoxy) is 2. The summed E-state index contributed by atoms with van der Waals surface area (Å²) >= 11 is 0. The SMILES string of the molecule is CC1(c2cccc(C=O)n2)OCCO1. The van der Waals surface area contributed by atoms with Gasteiger partial charge in [0.25, 0.3) is 0 Å². The van der Waals surface area contributed by atoms with Crippen molar-refractivity contribution in [1.82, 2.24) is 4.98 Å². The van der Waals surface area contributed by atoms with Crippen LogP contribution in [0.15, 0.2) is 18.2 Å². The molecule has 2 rings (SSSR count). The van der Waals surface area contributed by atoms with Crippen LogP contribution in [0.3, 0.4) is 0 Å². The highest BCUT2D eigenvalue weighted by Crippen LogP contribution is 2.28. The maximum atomic E-state index is 10.5. The van der Waals surface area contributed by atoms with Crippen LogP contribution in [0.4, 0.5) is 0 Å². The molecule has 0 radical (unpaired) electrons. The molecule has 0 saturated carbocycles. The molecule has 4 heteroatoms. The molecule has 4 nitrogen and oxygen atoms in total. The van der Waals surface area contributed by atoms with Gasteiger partial charge in [0, 0.05) is 0 Å². The molecule has 0 spiro atoms. The van der Waals surface area contributed by atoms with E-state index in [2.05, 4.69) is 4.98 Å². The maximum Gasteiger partial charge on any atom is 0.209 e. The Kier molecular flexibility index (Phi) is 2.31. The number of carbonyl (C=O) groups excluding carboxylic acids is 1. The molecule has 0 atom stereocenters. The van der Waals surface area contributed by atoms with Gasteiger partial charge >= 0.3 is 0 Å². The van der Waals surface area contributed by atoms with Crippen LogP contribution in [0, 0.1) is 0 Å². The van der Waals surface area contributed by atoms with Crippen LogP contribution in [0.5, 0.6) is 0 Å². The first-order valence-electron chi connectivity index (χ1n) is 4.45. The van der Waals surface area contributed by atoms with Gasteiger partial charge in [0.2, 0.25) is 5.79 Å². The lowest BCUT2D eigenvalue weighted by Crippen LogP contribution is -2.24. The van der Waals surface area contributed by atoms with Crippen molar-refractivity contribution in [3.63, 3.8) is 0 Å². The summed E-state index contributed by atoms with van der Waals surface area (Å²) in [6.45, 7) is 2.92. The molecule has 1 saturated heterocycles. The molecule has 1 aromatic heterocycles. The van der Waals surface area contributed by atoms with Gasteiger partial charge in [-0.3, -0.25) is 4.79 Å². The number of hydrogen-bond donors (Lipinski definition) is 0. The van der Waals surface area contributed by atoms with Gasteiger partial charge in [-0.15, -0.1) is 0 Å². The fraction of sp³-hybridized carbons (Fsp3) is 0.400. The second-order valence-electron chi connectivity index (χ2n) is 3.21. The van der Waals surface area contributed by atoms with Gasteiger partial charge in [0.1, 0.15) is 5.69 Å². The Balaban J connectivity index is 2.35. The molecular weight excluding hydrogens is 182 g/mol. The van der Waals surface area contributed by atoms with E-state index < -0.39 is 5.79 Å². The Morgan fingerprint density at radius 2 is 2.14 bits per heavy atom. The Labute approximate surface area is 81.9 Å². The zero-order valence-electron chi connectivity index (χ0n) is 7.90. The Hall–Kier alpha value is -1.26. The number of aromatic nitrogens is 1. The van der Waals surface area contributed by atoms with Crippen molar-refractivity contribution in [1.29, 1.82) is 0 Å². The topological polar surface area (TPSA) is 48.4 Å². The van der Waals surface area contributed by atoms with E-state index in [-0.39, 0.29) is 0 Å². The van der Waals surface area contributed by atoms with Gasteiger partial charge in [-0.2, -0.15) is 0 Å². The van der Waals surface area contributed by atoms with Crippen molar-refractivity contribution >= 4 is 6.29 Å². The number of aldehydes is 1. The van der Waals surface area contributed by atoms with Crippen LogP contribution in [0.1, 0.15) is 23.1 Å². The molecule has 0 aromatic carbocycles. The largest absolute Gasteiger partial charge is 0.342 e. The molecular formula is C10H11NO3. The Bertz CT molecular complexity index is 345. The predicted molar refractivity (Wildman–Crippen MR) is 48.9 cm³/mol. The minimum atomic E-state index is -0.793. The summed E-state index contributed by atoms with van der Waals surface area (Å²) in [7, 11) is 0. The van der Waals surface area contributed by atoms with Crippen LogP contribution in [0.2, 0.25) is 0 Å². The first-order valence-corrected chi connectivity index (χ1v) is 4.45. The molecule has 74 valence electrons. The Morgan fingerprint density at radius 3 is 2.79 bits per heavy atom. The highest BCUT2D eigenvalue weighted by atomic mass is 16.7. The van der Waals surface area contributed by atoms with Gasteiger partial charge < -0.3 is 9.47 Å². The Morgan fingerprint density at radius 1 is 1.43 bits per heavy atom. The molecule has 0 amide bonds. The van der Waals surface area contributed by atoms with Crippen LogP contribution in [-0.4, -0.2) is 24.5 Å². The average molecular weight is 193 g/mol. The summed E-state index contributed by atoms with van der Waals surface area (Å²) in [4.78, 5) is 14.7. The van der Waals surface area contributed by atoms with Crippen molar-refractivity contribution in [3.8, 4) is 0 Å². The lowest BCUT2D eigenvalue weighted by Gasteiger charge is -2.21. The highest BCUT2D eigenvalue weighted by Gasteiger charge is 2.34. The van der Waals surface area contributed by atoms with E-state index >= 15 is 0 Å². The number of nitrogens with zero attached hydrogens (tertiary/aromatic N) is 1. The van der Waals surface area contributed by atoms with Crippen LogP contribution < -0.4 is 0 Å². The van der Waals surface area contributed by atoms with Crippen molar-refractivity contribution in [2.24, 2.45) is 0 Å². The van der Waals surface area contributed by atoms with E-state index in [1.54, 1.807) is 25.1 Å². The predicted octanol–water partition coefficient (Wildman–Crippen LogP) is 1.11. The minimum Gasteiger partial charge on any atom is -0.342 e. The number of hydrogen-bond acceptors (Lipinski definition) is 4. The van der Waals surface area contributed by atoms with Gasteiger partial charge in [-0.1, -0.05) is 6.07 Å². The van der Waals surface area contributed by atoms with E-state index in [1.165, 1.54) is 0 Å². The van der Waals surface area contributed by atoms with Gasteiger partial charge in [0.05, 0.1) is 18.9 Å². The highest BCUT2D eigenvalue weighted by molar-refractivity contribution is 5.71. The molecule has 0 N–H and O–H groups in total. The van der Waals surface area contributed by atoms with Gasteiger partial charge in [0.15, 0.2) is 6.29 Å². The molecule has 0 unspecified atom stereocenters. The first-order chi connectivity index (χ1) is 6.74. The second kappa shape index (κ2) is 3.48. The van der Waals surface area contributed by atoms with E-state index in [9.17, 15) is 4.79 Å². The lowest BCUT2D eigenvalue weighted by atomic mass is 10.2. The van der Waals surface area contributed by atoms with Gasteiger partial charge in [-0.05, 0) is 19.1 Å². The molecule has 14 heavy (non-hydrogen) atoms. The summed E-state index contributed by atoms with van der Waals surface area (Å²) < 4.78 is 10.9. The van der Waals surface area contributed by atoms with Crippen LogP contribution >= 0.6 is 0 Å². The van der Waals surface area contributed by atoms with Crippen molar-refractivity contribution < 1.29 is 14.3 Å². The molecule has 1 aliphatic heterocycles. The fourth-order valence-electron chi connectivity index (χ4n) is 1.43. The quantitative estimate of drug-likeness (QED) is 0.660. The average Bonchev–Trinajstić information content (AvgIpc) is 2.67. The third kappa shape index (κ3) is 1.54. The molecule has 2 heterocycles. The van der Waals surface area contributed by atoms with Crippen molar-refractivity contribution in [2.45, 2.75) is 12.7 Å². The molecule has 1 fully saturated rings. The molecule has 0 bridgehead atoms. The van der Waals surface area contributed by atoms with E-state index in [4.69, 9.17) is 9.47 Å². The fourth-order valence-corrected chi connectivity index (χ4v) is 1.43. The van der Waals surface area contributed by atoms with Gasteiger partial charge in [-0.25, -0.2) is 4.98 Å². The summed E-state index contributed by atoms with van der Waals surface area (Å²) in [6, 6.07) is 5.20. The minimum absolute atomic E-state index is 0.392. The van der Waals surface area contributed by atoms with Crippen LogP contribution in [0.25, 0.3) is 0 Å². The van der Waals surface area contributed by atoms with E-state index in [0.717, 1.165) is 0 Å². The standard InChI is InChI=1S/C10H11NO3/c1-10(13-5-6-14-10)9-4-2-3-8(7-12)11-9/h2-4,7H,5-6H2,1H3. The number of rotatable bonds is 2. The second-order valence-corrected chi connectivity index (χ2v) is 3.21. The zero-order chi connectivity index (χ0) is 10.0. The lowest BCUT2D eigenvalue weighted by molar-refractivity contribution is -0.152. The van der Waals surface area contributed by atoms with Crippen molar-refractivity contribution in [2.75, 3.05) is 13.2 Å². The van der Waals surface area contributed by atoms with E-state index in [0.29, 0.717) is 30.9 Å². The zero-order valence-corrected chi connectivity index (χ0v) is 7.90. The molecule has 0 aliphatic carbocycles.